The molecule has 5 saturated carbocycles. The van der Waals surface area contributed by atoms with Crippen molar-refractivity contribution in [3.8, 4) is 0 Å². The van der Waals surface area contributed by atoms with Crippen LogP contribution in [0, 0.1) is 53.3 Å². The molecule has 0 aromatic carbocycles. The van der Waals surface area contributed by atoms with Crippen molar-refractivity contribution in [2.45, 2.75) is 94.7 Å². The lowest BCUT2D eigenvalue weighted by Crippen LogP contribution is -2.71. The van der Waals surface area contributed by atoms with E-state index in [-0.39, 0.29) is 24.0 Å². The molecule has 0 aliphatic heterocycles. The Labute approximate surface area is 220 Å². The van der Waals surface area contributed by atoms with Gasteiger partial charge in [-0.3, -0.25) is 9.59 Å². The molecule has 37 heavy (non-hydrogen) atoms. The van der Waals surface area contributed by atoms with E-state index in [2.05, 4.69) is 19.0 Å². The Bertz CT molecular complexity index is 870. The molecule has 5 rings (SSSR count). The first kappa shape index (κ1) is 27.7. The Morgan fingerprint density at radius 3 is 2.16 bits per heavy atom. The molecule has 5 N–H and O–H groups in total. The Morgan fingerprint density at radius 1 is 0.865 bits per heavy atom. The van der Waals surface area contributed by atoms with Crippen LogP contribution in [0.5, 0.6) is 0 Å². The Hall–Kier alpha value is -0.900. The van der Waals surface area contributed by atoms with Crippen LogP contribution in [0.3, 0.4) is 0 Å². The monoisotopic (exact) mass is 521 g/mol. The second kappa shape index (κ2) is 10.3. The van der Waals surface area contributed by atoms with Gasteiger partial charge in [0.05, 0.1) is 30.1 Å². The highest BCUT2D eigenvalue weighted by atomic mass is 16.4. The number of fused-ring (bicyclic) bond motifs is 3. The zero-order chi connectivity index (χ0) is 26.8. The van der Waals surface area contributed by atoms with Gasteiger partial charge in [-0.2, -0.15) is 0 Å². The van der Waals surface area contributed by atoms with Crippen molar-refractivity contribution in [3.63, 3.8) is 0 Å². The smallest absolute Gasteiger partial charge is 0.175 e. The van der Waals surface area contributed by atoms with Gasteiger partial charge in [0.15, 0.2) is 11.4 Å². The fraction of sp³-hybridized carbons (Fsp3) is 0.931. The van der Waals surface area contributed by atoms with Gasteiger partial charge in [0.25, 0.3) is 0 Å². The van der Waals surface area contributed by atoms with E-state index < -0.39 is 59.5 Å². The molecule has 9 unspecified atom stereocenters. The maximum Gasteiger partial charge on any atom is 0.175 e. The van der Waals surface area contributed by atoms with Gasteiger partial charge in [0.2, 0.25) is 0 Å². The molecule has 8 nitrogen and oxygen atoms in total. The number of Topliss-reactive ketones (excluding diaryl/α,β-unsaturated/α-hetero) is 2. The number of nitrogens with zero attached hydrogens (tertiary/aromatic N) is 1. The average molecular weight is 522 g/mol. The van der Waals surface area contributed by atoms with E-state index in [0.29, 0.717) is 37.0 Å². The van der Waals surface area contributed by atoms with Gasteiger partial charge in [-0.15, -0.1) is 0 Å². The normalized spacial score (nSPS) is 51.3. The molecule has 0 bridgehead atoms. The molecule has 0 radical (unpaired) electrons. The maximum absolute atomic E-state index is 14.0. The Morgan fingerprint density at radius 2 is 1.54 bits per heavy atom. The van der Waals surface area contributed by atoms with Gasteiger partial charge in [0.1, 0.15) is 11.9 Å². The van der Waals surface area contributed by atoms with Crippen LogP contribution in [0.15, 0.2) is 0 Å². The predicted molar refractivity (Wildman–Crippen MR) is 136 cm³/mol. The summed E-state index contributed by atoms with van der Waals surface area (Å²) >= 11 is 0. The van der Waals surface area contributed by atoms with Gasteiger partial charge < -0.3 is 30.4 Å². The van der Waals surface area contributed by atoms with Crippen molar-refractivity contribution < 1.29 is 35.1 Å². The van der Waals surface area contributed by atoms with Gasteiger partial charge in [0, 0.05) is 18.4 Å². The first-order chi connectivity index (χ1) is 17.4. The first-order valence-corrected chi connectivity index (χ1v) is 14.6. The van der Waals surface area contributed by atoms with Gasteiger partial charge in [-0.1, -0.05) is 0 Å². The van der Waals surface area contributed by atoms with E-state index in [4.69, 9.17) is 0 Å². The van der Waals surface area contributed by atoms with Gasteiger partial charge >= 0.3 is 0 Å². The van der Waals surface area contributed by atoms with E-state index in [1.54, 1.807) is 0 Å². The van der Waals surface area contributed by atoms with Crippen molar-refractivity contribution in [2.75, 3.05) is 20.6 Å². The van der Waals surface area contributed by atoms with Crippen molar-refractivity contribution in [2.24, 2.45) is 53.3 Å². The molecule has 0 amide bonds. The summed E-state index contributed by atoms with van der Waals surface area (Å²) in [6.45, 7) is 2.50. The molecule has 5 aliphatic rings. The lowest BCUT2D eigenvalue weighted by Gasteiger charge is -2.58. The molecule has 210 valence electrons. The van der Waals surface area contributed by atoms with Crippen LogP contribution in [0.25, 0.3) is 0 Å². The third-order valence-corrected chi connectivity index (χ3v) is 11.2. The molecule has 5 fully saturated rings. The quantitative estimate of drug-likeness (QED) is 0.369. The summed E-state index contributed by atoms with van der Waals surface area (Å²) in [5, 5.41) is 54.8. The Balaban J connectivity index is 1.37. The number of carbonyl (C=O) groups is 2. The molecule has 5 aliphatic carbocycles. The second-order valence-corrected chi connectivity index (χ2v) is 13.6. The fourth-order valence-electron chi connectivity index (χ4n) is 9.64. The van der Waals surface area contributed by atoms with E-state index in [0.717, 1.165) is 25.8 Å². The summed E-state index contributed by atoms with van der Waals surface area (Å²) < 4.78 is 0. The highest BCUT2D eigenvalue weighted by molar-refractivity contribution is 5.94. The van der Waals surface area contributed by atoms with Crippen LogP contribution >= 0.6 is 0 Å². The second-order valence-electron chi connectivity index (χ2n) is 13.6. The van der Waals surface area contributed by atoms with E-state index in [1.807, 2.05) is 0 Å². The van der Waals surface area contributed by atoms with Crippen molar-refractivity contribution in [1.82, 2.24) is 4.90 Å². The minimum absolute atomic E-state index is 0.0562. The number of hydrogen-bond donors (Lipinski definition) is 5. The van der Waals surface area contributed by atoms with Crippen molar-refractivity contribution >= 4 is 11.6 Å². The molecule has 0 saturated heterocycles. The predicted octanol–water partition coefficient (Wildman–Crippen LogP) is 1.01. The topological polar surface area (TPSA) is 139 Å². The largest absolute Gasteiger partial charge is 0.393 e. The van der Waals surface area contributed by atoms with E-state index in [1.165, 1.54) is 19.8 Å². The Kier molecular flexibility index (Phi) is 7.66. The average Bonchev–Trinajstić information content (AvgIpc) is 2.81. The van der Waals surface area contributed by atoms with E-state index >= 15 is 0 Å². The summed E-state index contributed by atoms with van der Waals surface area (Å²) in [6, 6.07) is 0. The molecule has 12 atom stereocenters. The molecule has 8 heteroatoms. The van der Waals surface area contributed by atoms with E-state index in [9.17, 15) is 35.1 Å². The number of carbonyl (C=O) groups excluding carboxylic acids is 2. The fourth-order valence-corrected chi connectivity index (χ4v) is 9.64. The molecular weight excluding hydrogens is 474 g/mol. The summed E-state index contributed by atoms with van der Waals surface area (Å²) in [6.07, 6.45) is 2.78. The zero-order valence-electron chi connectivity index (χ0n) is 22.6. The number of hydrogen-bond acceptors (Lipinski definition) is 8. The van der Waals surface area contributed by atoms with Crippen LogP contribution in [-0.4, -0.2) is 92.7 Å². The van der Waals surface area contributed by atoms with Crippen molar-refractivity contribution in [3.05, 3.63) is 0 Å². The molecule has 0 heterocycles. The van der Waals surface area contributed by atoms with Gasteiger partial charge in [-0.25, -0.2) is 0 Å². The third-order valence-electron chi connectivity index (χ3n) is 11.2. The van der Waals surface area contributed by atoms with Crippen LogP contribution in [0.1, 0.15) is 64.7 Å². The number of rotatable bonds is 4. The molecular formula is C29H47NO7. The summed E-state index contributed by atoms with van der Waals surface area (Å²) in [5.41, 5.74) is -2.16. The number of aliphatic hydroxyl groups is 5. The van der Waals surface area contributed by atoms with Crippen molar-refractivity contribution in [1.29, 1.82) is 0 Å². The minimum Gasteiger partial charge on any atom is -0.393 e. The minimum atomic E-state index is -2.16. The van der Waals surface area contributed by atoms with Crippen LogP contribution in [-0.2, 0) is 9.59 Å². The third kappa shape index (κ3) is 4.53. The van der Waals surface area contributed by atoms with Gasteiger partial charge in [-0.05, 0) is 108 Å². The van der Waals surface area contributed by atoms with Crippen LogP contribution in [0.4, 0.5) is 0 Å². The standard InChI is InChI=1S/C29H47NO7/c1-14(31)23-22(33)12-18-10-17-11-20-19(16-6-4-15(5-7-16)13-30(2)3)8-9-21(32)25(20)26(34)24(17)28(36)29(18,37)27(23)35/h14-25,28,31-33,36-37H,4-13H2,1-3H3/t14?,15?,16?,17-,18+,19?,20?,21?,22?,23?,24?,25?,28?,29-/m1/s1. The first-order valence-electron chi connectivity index (χ1n) is 14.6. The summed E-state index contributed by atoms with van der Waals surface area (Å²) in [5.74, 6) is -2.78. The molecule has 0 aromatic heterocycles. The lowest BCUT2D eigenvalue weighted by atomic mass is 9.47. The number of ketones is 2. The highest BCUT2D eigenvalue weighted by Crippen LogP contribution is 2.57. The summed E-state index contributed by atoms with van der Waals surface area (Å²) in [7, 11) is 4.23. The van der Waals surface area contributed by atoms with Crippen LogP contribution < -0.4 is 0 Å². The highest BCUT2D eigenvalue weighted by Gasteiger charge is 2.67. The van der Waals surface area contributed by atoms with Crippen LogP contribution in [0.2, 0.25) is 0 Å². The lowest BCUT2D eigenvalue weighted by molar-refractivity contribution is -0.221. The zero-order valence-corrected chi connectivity index (χ0v) is 22.6. The SMILES string of the molecule is CC(O)C1C(=O)[C@@]2(O)C(O)C3C(=O)C4C(O)CCC(C5CCC(CN(C)C)CC5)C4C[C@H]3C[C@H]2CC1O. The summed E-state index contributed by atoms with van der Waals surface area (Å²) in [4.78, 5) is 29.6. The maximum atomic E-state index is 14.0. The molecule has 0 aromatic rings. The number of aliphatic hydroxyl groups excluding tert-OH is 4. The molecule has 0 spiro atoms.